The van der Waals surface area contributed by atoms with Crippen LogP contribution in [0.4, 0.5) is 0 Å². The summed E-state index contributed by atoms with van der Waals surface area (Å²) in [6.07, 6.45) is 26.5. The lowest BCUT2D eigenvalue weighted by Gasteiger charge is -2.15. The van der Waals surface area contributed by atoms with Gasteiger partial charge in [-0.2, -0.15) is 0 Å². The summed E-state index contributed by atoms with van der Waals surface area (Å²) in [4.78, 5) is 0. The van der Waals surface area contributed by atoms with Gasteiger partial charge >= 0.3 is 0 Å². The third kappa shape index (κ3) is 15.2. The maximum atomic E-state index is 6.46. The zero-order valence-electron chi connectivity index (χ0n) is 31.6. The fourth-order valence-corrected chi connectivity index (χ4v) is 6.85. The SMILES string of the molecule is CCCCCCCCCCCCOc1cc(-c2ccccc2)cc(-c2cc(OCCCCCCCCCCCC)cc(-c3ccccc3)c2)c1. The van der Waals surface area contributed by atoms with Gasteiger partial charge in [0, 0.05) is 0 Å². The minimum atomic E-state index is 0.755. The molecule has 270 valence electrons. The van der Waals surface area contributed by atoms with Crippen molar-refractivity contribution in [1.82, 2.24) is 0 Å². The lowest BCUT2D eigenvalue weighted by atomic mass is 9.95. The van der Waals surface area contributed by atoms with Gasteiger partial charge in [0.15, 0.2) is 0 Å². The number of ether oxygens (including phenoxy) is 2. The number of benzene rings is 4. The van der Waals surface area contributed by atoms with Crippen molar-refractivity contribution in [2.24, 2.45) is 0 Å². The average Bonchev–Trinajstić information content (AvgIpc) is 3.16. The predicted molar refractivity (Wildman–Crippen MR) is 217 cm³/mol. The smallest absolute Gasteiger partial charge is 0.120 e. The maximum Gasteiger partial charge on any atom is 0.120 e. The van der Waals surface area contributed by atoms with E-state index in [4.69, 9.17) is 9.47 Å². The Hall–Kier alpha value is -3.52. The molecule has 0 amide bonds. The van der Waals surface area contributed by atoms with Crippen molar-refractivity contribution in [1.29, 1.82) is 0 Å². The van der Waals surface area contributed by atoms with E-state index in [0.717, 1.165) is 48.7 Å². The summed E-state index contributed by atoms with van der Waals surface area (Å²) in [7, 11) is 0. The molecule has 0 aliphatic carbocycles. The van der Waals surface area contributed by atoms with E-state index in [1.807, 2.05) is 0 Å². The summed E-state index contributed by atoms with van der Waals surface area (Å²) in [5, 5.41) is 0. The quantitative estimate of drug-likeness (QED) is 0.0586. The number of hydrogen-bond acceptors (Lipinski definition) is 2. The van der Waals surface area contributed by atoms with Crippen LogP contribution in [0.3, 0.4) is 0 Å². The van der Waals surface area contributed by atoms with Gasteiger partial charge in [-0.3, -0.25) is 0 Å². The van der Waals surface area contributed by atoms with E-state index in [-0.39, 0.29) is 0 Å². The molecule has 50 heavy (non-hydrogen) atoms. The van der Waals surface area contributed by atoms with Crippen molar-refractivity contribution in [3.8, 4) is 44.9 Å². The first kappa shape index (κ1) is 39.3. The lowest BCUT2D eigenvalue weighted by molar-refractivity contribution is 0.304. The first-order valence-corrected chi connectivity index (χ1v) is 20.4. The maximum absolute atomic E-state index is 6.46. The Balaban J connectivity index is 1.40. The van der Waals surface area contributed by atoms with E-state index in [9.17, 15) is 0 Å². The molecule has 0 unspecified atom stereocenters. The Kier molecular flexibility index (Phi) is 19.3. The molecule has 0 bridgehead atoms. The van der Waals surface area contributed by atoms with Gasteiger partial charge in [0.2, 0.25) is 0 Å². The summed E-state index contributed by atoms with van der Waals surface area (Å²) >= 11 is 0. The standard InChI is InChI=1S/C48H66O2/c1-3-5-7-9-11-13-15-17-19-27-33-49-47-37-43(41-29-23-21-24-30-41)35-45(39-47)46-36-44(42-31-25-22-26-32-42)38-48(40-46)50-34-28-20-18-16-14-12-10-8-6-4-2/h21-26,29-32,35-40H,3-20,27-28,33-34H2,1-2H3. The summed E-state index contributed by atoms with van der Waals surface area (Å²) < 4.78 is 12.9. The molecule has 4 rings (SSSR count). The van der Waals surface area contributed by atoms with Gasteiger partial charge in [-0.25, -0.2) is 0 Å². The second-order valence-electron chi connectivity index (χ2n) is 14.3. The van der Waals surface area contributed by atoms with Crippen LogP contribution in [0.25, 0.3) is 33.4 Å². The molecule has 2 nitrogen and oxygen atoms in total. The second kappa shape index (κ2) is 24.6. The number of unbranched alkanes of at least 4 members (excludes halogenated alkanes) is 18. The fraction of sp³-hybridized carbons (Fsp3) is 0.500. The Morgan fingerprint density at radius 2 is 0.580 bits per heavy atom. The molecule has 0 heterocycles. The topological polar surface area (TPSA) is 18.5 Å². The molecule has 0 aromatic heterocycles. The van der Waals surface area contributed by atoms with Crippen LogP contribution < -0.4 is 9.47 Å². The molecule has 0 saturated heterocycles. The molecule has 0 atom stereocenters. The van der Waals surface area contributed by atoms with Gasteiger partial charge in [0.1, 0.15) is 11.5 Å². The average molecular weight is 675 g/mol. The second-order valence-corrected chi connectivity index (χ2v) is 14.3. The van der Waals surface area contributed by atoms with Crippen molar-refractivity contribution in [2.75, 3.05) is 13.2 Å². The van der Waals surface area contributed by atoms with Crippen molar-refractivity contribution < 1.29 is 9.47 Å². The first-order valence-electron chi connectivity index (χ1n) is 20.4. The molecule has 4 aromatic rings. The number of hydrogen-bond donors (Lipinski definition) is 0. The molecular formula is C48H66O2. The van der Waals surface area contributed by atoms with Gasteiger partial charge in [-0.1, -0.05) is 190 Å². The molecule has 0 radical (unpaired) electrons. The van der Waals surface area contributed by atoms with Crippen LogP contribution in [-0.2, 0) is 0 Å². The van der Waals surface area contributed by atoms with Crippen LogP contribution in [0, 0.1) is 0 Å². The summed E-state index contributed by atoms with van der Waals surface area (Å²) in [5.41, 5.74) is 7.08. The monoisotopic (exact) mass is 675 g/mol. The van der Waals surface area contributed by atoms with Gasteiger partial charge in [0.25, 0.3) is 0 Å². The van der Waals surface area contributed by atoms with E-state index >= 15 is 0 Å². The van der Waals surface area contributed by atoms with Crippen molar-refractivity contribution in [3.63, 3.8) is 0 Å². The van der Waals surface area contributed by atoms with Crippen molar-refractivity contribution in [2.45, 2.75) is 142 Å². The molecular weight excluding hydrogens is 609 g/mol. The van der Waals surface area contributed by atoms with E-state index in [0.29, 0.717) is 0 Å². The van der Waals surface area contributed by atoms with Crippen LogP contribution in [0.15, 0.2) is 97.1 Å². The molecule has 0 saturated carbocycles. The zero-order valence-corrected chi connectivity index (χ0v) is 31.6. The highest BCUT2D eigenvalue weighted by Gasteiger charge is 2.11. The van der Waals surface area contributed by atoms with Crippen LogP contribution in [-0.4, -0.2) is 13.2 Å². The van der Waals surface area contributed by atoms with Crippen LogP contribution >= 0.6 is 0 Å². The van der Waals surface area contributed by atoms with Crippen LogP contribution in [0.5, 0.6) is 11.5 Å². The van der Waals surface area contributed by atoms with E-state index < -0.39 is 0 Å². The Morgan fingerprint density at radius 1 is 0.300 bits per heavy atom. The minimum Gasteiger partial charge on any atom is -0.494 e. The largest absolute Gasteiger partial charge is 0.494 e. The van der Waals surface area contributed by atoms with Crippen molar-refractivity contribution in [3.05, 3.63) is 97.1 Å². The highest BCUT2D eigenvalue weighted by molar-refractivity contribution is 5.79. The molecule has 0 spiro atoms. The third-order valence-electron chi connectivity index (χ3n) is 9.89. The number of rotatable bonds is 27. The van der Waals surface area contributed by atoms with Crippen LogP contribution in [0.1, 0.15) is 142 Å². The van der Waals surface area contributed by atoms with Crippen LogP contribution in [0.2, 0.25) is 0 Å². The molecule has 2 heteroatoms. The highest BCUT2D eigenvalue weighted by Crippen LogP contribution is 2.36. The molecule has 0 aliphatic rings. The lowest BCUT2D eigenvalue weighted by Crippen LogP contribution is -1.99. The van der Waals surface area contributed by atoms with Gasteiger partial charge < -0.3 is 9.47 Å². The van der Waals surface area contributed by atoms with E-state index in [2.05, 4.69) is 111 Å². The summed E-state index contributed by atoms with van der Waals surface area (Å²) in [6.45, 7) is 6.09. The highest BCUT2D eigenvalue weighted by atomic mass is 16.5. The predicted octanol–water partition coefficient (Wildman–Crippen LogP) is 15.3. The Bertz CT molecular complexity index is 1320. The normalized spacial score (nSPS) is 11.2. The fourth-order valence-electron chi connectivity index (χ4n) is 6.85. The zero-order chi connectivity index (χ0) is 34.9. The van der Waals surface area contributed by atoms with E-state index in [1.54, 1.807) is 0 Å². The Morgan fingerprint density at radius 3 is 0.900 bits per heavy atom. The summed E-state index contributed by atoms with van der Waals surface area (Å²) in [5.74, 6) is 1.88. The van der Waals surface area contributed by atoms with Gasteiger partial charge in [-0.15, -0.1) is 0 Å². The molecule has 4 aromatic carbocycles. The third-order valence-corrected chi connectivity index (χ3v) is 9.89. The molecule has 0 N–H and O–H groups in total. The molecule has 0 aliphatic heterocycles. The molecule has 0 fully saturated rings. The minimum absolute atomic E-state index is 0.755. The van der Waals surface area contributed by atoms with Gasteiger partial charge in [-0.05, 0) is 82.6 Å². The summed E-state index contributed by atoms with van der Waals surface area (Å²) in [6, 6.07) is 34.8. The van der Waals surface area contributed by atoms with E-state index in [1.165, 1.54) is 138 Å². The van der Waals surface area contributed by atoms with Crippen molar-refractivity contribution >= 4 is 0 Å². The van der Waals surface area contributed by atoms with Gasteiger partial charge in [0.05, 0.1) is 13.2 Å². The Labute approximate surface area is 306 Å². The first-order chi connectivity index (χ1) is 24.8.